The van der Waals surface area contributed by atoms with Crippen LogP contribution in [0.2, 0.25) is 0 Å². The second-order valence-corrected chi connectivity index (χ2v) is 7.07. The second kappa shape index (κ2) is 6.22. The molecule has 0 saturated carbocycles. The number of aromatic nitrogens is 1. The fraction of sp³-hybridized carbons (Fsp3) is 0.462. The number of hydrogen-bond donors (Lipinski definition) is 1. The van der Waals surface area contributed by atoms with E-state index in [1.54, 1.807) is 17.2 Å². The molecule has 0 spiro atoms. The summed E-state index contributed by atoms with van der Waals surface area (Å²) in [6.45, 7) is 1.40. The predicted molar refractivity (Wildman–Crippen MR) is 84.0 cm³/mol. The van der Waals surface area contributed by atoms with Crippen LogP contribution in [0.15, 0.2) is 30.6 Å². The quantitative estimate of drug-likeness (QED) is 0.639. The van der Waals surface area contributed by atoms with Crippen molar-refractivity contribution < 1.29 is 13.3 Å². The van der Waals surface area contributed by atoms with Crippen molar-refractivity contribution in [2.45, 2.75) is 18.9 Å². The van der Waals surface area contributed by atoms with Crippen LogP contribution < -0.4 is 9.62 Å². The average molecular weight is 339 g/mol. The van der Waals surface area contributed by atoms with Crippen LogP contribution in [-0.2, 0) is 10.2 Å². The molecule has 23 heavy (non-hydrogen) atoms. The molecular weight excluding hydrogens is 322 g/mol. The first kappa shape index (κ1) is 15.8. The fourth-order valence-corrected chi connectivity index (χ4v) is 4.27. The number of pyridine rings is 1. The van der Waals surface area contributed by atoms with E-state index in [1.165, 1.54) is 22.6 Å². The molecule has 0 aliphatic carbocycles. The van der Waals surface area contributed by atoms with Gasteiger partial charge in [0.1, 0.15) is 0 Å². The van der Waals surface area contributed by atoms with E-state index >= 15 is 0 Å². The molecule has 2 aliphatic heterocycles. The number of hydrogen-bond acceptors (Lipinski definition) is 6. The first-order valence-corrected chi connectivity index (χ1v) is 8.74. The maximum atomic E-state index is 12.0. The Morgan fingerprint density at radius 2 is 2.22 bits per heavy atom. The van der Waals surface area contributed by atoms with Crippen LogP contribution in [0.3, 0.4) is 0 Å². The number of rotatable bonds is 3. The number of nitrogens with zero attached hydrogens (tertiary/aromatic N) is 4. The minimum absolute atomic E-state index is 0.0668. The summed E-state index contributed by atoms with van der Waals surface area (Å²) in [7, 11) is -3.44. The third kappa shape index (κ3) is 3.19. The molecule has 1 unspecified atom stereocenters. The van der Waals surface area contributed by atoms with Gasteiger partial charge in [0.15, 0.2) is 0 Å². The Morgan fingerprint density at radius 1 is 1.39 bits per heavy atom. The first-order valence-electron chi connectivity index (χ1n) is 7.30. The van der Waals surface area contributed by atoms with E-state index in [2.05, 4.69) is 9.71 Å². The Kier molecular flexibility index (Phi) is 4.28. The van der Waals surface area contributed by atoms with Crippen LogP contribution in [0.5, 0.6) is 0 Å². The van der Waals surface area contributed by atoms with E-state index in [-0.39, 0.29) is 17.5 Å². The lowest BCUT2D eigenvalue weighted by Crippen LogP contribution is -2.52. The van der Waals surface area contributed by atoms with Crippen LogP contribution in [0.1, 0.15) is 12.8 Å². The molecule has 3 heterocycles. The largest absolute Gasteiger partial charge is 0.327 e. The smallest absolute Gasteiger partial charge is 0.311 e. The molecule has 10 heteroatoms. The highest BCUT2D eigenvalue weighted by molar-refractivity contribution is 7.87. The SMILES string of the molecule is O=[N+]([O-])c1cccnc1N1C=CC(N2CCCNS2(=O)=O)CC1. The minimum atomic E-state index is -3.44. The molecule has 0 radical (unpaired) electrons. The summed E-state index contributed by atoms with van der Waals surface area (Å²) in [5.74, 6) is 0.270. The summed E-state index contributed by atoms with van der Waals surface area (Å²) in [4.78, 5) is 16.4. The van der Waals surface area contributed by atoms with Crippen molar-refractivity contribution in [3.8, 4) is 0 Å². The molecule has 1 fully saturated rings. The number of nitro groups is 1. The highest BCUT2D eigenvalue weighted by atomic mass is 32.2. The van der Waals surface area contributed by atoms with Gasteiger partial charge in [-0.25, -0.2) is 9.71 Å². The Balaban J connectivity index is 1.80. The maximum absolute atomic E-state index is 12.0. The van der Waals surface area contributed by atoms with E-state index < -0.39 is 15.1 Å². The van der Waals surface area contributed by atoms with E-state index in [0.717, 1.165) is 6.42 Å². The third-order valence-electron chi connectivity index (χ3n) is 3.91. The number of nitrogens with one attached hydrogen (secondary N) is 1. The minimum Gasteiger partial charge on any atom is -0.327 e. The molecule has 3 rings (SSSR count). The molecule has 1 aromatic heterocycles. The van der Waals surface area contributed by atoms with Crippen molar-refractivity contribution in [1.82, 2.24) is 14.0 Å². The van der Waals surface area contributed by atoms with E-state index in [0.29, 0.717) is 26.1 Å². The van der Waals surface area contributed by atoms with Crippen LogP contribution in [0.4, 0.5) is 11.5 Å². The van der Waals surface area contributed by atoms with Crippen molar-refractivity contribution in [2.24, 2.45) is 0 Å². The summed E-state index contributed by atoms with van der Waals surface area (Å²) in [5.41, 5.74) is -0.0668. The first-order chi connectivity index (χ1) is 11.0. The Morgan fingerprint density at radius 3 is 2.87 bits per heavy atom. The average Bonchev–Trinajstić information content (AvgIpc) is 2.55. The molecule has 1 aromatic rings. The Bertz CT molecular complexity index is 736. The summed E-state index contributed by atoms with van der Waals surface area (Å²) in [5, 5.41) is 11.1. The maximum Gasteiger partial charge on any atom is 0.311 e. The zero-order valence-electron chi connectivity index (χ0n) is 12.3. The van der Waals surface area contributed by atoms with Crippen LogP contribution >= 0.6 is 0 Å². The van der Waals surface area contributed by atoms with Gasteiger partial charge >= 0.3 is 5.69 Å². The molecule has 1 N–H and O–H groups in total. The van der Waals surface area contributed by atoms with Gasteiger partial charge in [-0.1, -0.05) is 0 Å². The molecule has 0 amide bonds. The molecular formula is C13H17N5O4S. The van der Waals surface area contributed by atoms with E-state index in [9.17, 15) is 18.5 Å². The molecule has 1 saturated heterocycles. The van der Waals surface area contributed by atoms with Gasteiger partial charge in [-0.3, -0.25) is 10.1 Å². The van der Waals surface area contributed by atoms with Crippen molar-refractivity contribution in [2.75, 3.05) is 24.5 Å². The van der Waals surface area contributed by atoms with Crippen molar-refractivity contribution in [3.05, 3.63) is 40.7 Å². The highest BCUT2D eigenvalue weighted by Crippen LogP contribution is 2.28. The molecule has 9 nitrogen and oxygen atoms in total. The monoisotopic (exact) mass is 339 g/mol. The fourth-order valence-electron chi connectivity index (χ4n) is 2.80. The zero-order chi connectivity index (χ0) is 16.4. The Hall–Kier alpha value is -2.04. The summed E-state index contributed by atoms with van der Waals surface area (Å²) >= 11 is 0. The topological polar surface area (TPSA) is 109 Å². The lowest BCUT2D eigenvalue weighted by molar-refractivity contribution is -0.384. The molecule has 0 bridgehead atoms. The van der Waals surface area contributed by atoms with Gasteiger partial charge in [0.25, 0.3) is 10.2 Å². The van der Waals surface area contributed by atoms with Crippen molar-refractivity contribution in [1.29, 1.82) is 0 Å². The standard InChI is InChI=1S/C13H17N5O4S/c19-18(20)12-3-1-6-14-13(12)16-9-4-11(5-10-16)17-8-2-7-15-23(17,21)22/h1,3-4,6,9,11,15H,2,5,7-8,10H2. The highest BCUT2D eigenvalue weighted by Gasteiger charge is 2.33. The van der Waals surface area contributed by atoms with E-state index in [4.69, 9.17) is 0 Å². The van der Waals surface area contributed by atoms with Gasteiger partial charge in [-0.2, -0.15) is 12.7 Å². The zero-order valence-corrected chi connectivity index (χ0v) is 13.1. The molecule has 124 valence electrons. The van der Waals surface area contributed by atoms with Gasteiger partial charge in [-0.05, 0) is 25.0 Å². The van der Waals surface area contributed by atoms with Crippen LogP contribution in [0, 0.1) is 10.1 Å². The van der Waals surface area contributed by atoms with Crippen LogP contribution in [0.25, 0.3) is 0 Å². The van der Waals surface area contributed by atoms with Gasteiger partial charge < -0.3 is 4.90 Å². The summed E-state index contributed by atoms with van der Waals surface area (Å²) in [6.07, 6.45) is 6.24. The van der Waals surface area contributed by atoms with Crippen LogP contribution in [-0.4, -0.2) is 48.3 Å². The number of anilines is 1. The molecule has 0 aromatic carbocycles. The van der Waals surface area contributed by atoms with Gasteiger partial charge in [0.05, 0.1) is 4.92 Å². The lowest BCUT2D eigenvalue weighted by Gasteiger charge is -2.35. The third-order valence-corrected chi connectivity index (χ3v) is 5.55. The molecule has 1 atom stereocenters. The van der Waals surface area contributed by atoms with Crippen molar-refractivity contribution in [3.63, 3.8) is 0 Å². The normalized spacial score (nSPS) is 24.5. The summed E-state index contributed by atoms with van der Waals surface area (Å²) < 4.78 is 28.0. The van der Waals surface area contributed by atoms with Gasteiger partial charge in [0.2, 0.25) is 5.82 Å². The van der Waals surface area contributed by atoms with Gasteiger partial charge in [0, 0.05) is 44.1 Å². The summed E-state index contributed by atoms with van der Waals surface area (Å²) in [6, 6.07) is 2.68. The molecule has 2 aliphatic rings. The van der Waals surface area contributed by atoms with E-state index in [1.807, 2.05) is 0 Å². The Labute approximate surface area is 133 Å². The lowest BCUT2D eigenvalue weighted by atomic mass is 10.1. The van der Waals surface area contributed by atoms with Gasteiger partial charge in [-0.15, -0.1) is 0 Å². The second-order valence-electron chi connectivity index (χ2n) is 5.36. The van der Waals surface area contributed by atoms with Crippen molar-refractivity contribution >= 4 is 21.7 Å². The predicted octanol–water partition coefficient (Wildman–Crippen LogP) is 0.622.